The van der Waals surface area contributed by atoms with Gasteiger partial charge in [-0.15, -0.1) is 0 Å². The molecule has 0 spiro atoms. The molecule has 0 aromatic heterocycles. The second-order valence-corrected chi connectivity index (χ2v) is 8.57. The normalized spacial score (nSPS) is 21.9. The van der Waals surface area contributed by atoms with Crippen molar-refractivity contribution in [1.82, 2.24) is 10.6 Å². The minimum Gasteiger partial charge on any atom is -0.486 e. The van der Waals surface area contributed by atoms with Crippen LogP contribution in [0.4, 0.5) is 0 Å². The molecule has 2 aliphatic heterocycles. The highest BCUT2D eigenvalue weighted by atomic mass is 16.6. The third kappa shape index (κ3) is 5.54. The number of guanidine groups is 1. The largest absolute Gasteiger partial charge is 0.486 e. The Morgan fingerprint density at radius 2 is 1.97 bits per heavy atom. The van der Waals surface area contributed by atoms with E-state index in [0.717, 1.165) is 50.0 Å². The summed E-state index contributed by atoms with van der Waals surface area (Å²) in [5, 5.41) is 16.2. The van der Waals surface area contributed by atoms with Gasteiger partial charge in [-0.25, -0.2) is 0 Å². The van der Waals surface area contributed by atoms with E-state index in [1.165, 1.54) is 5.56 Å². The first-order chi connectivity index (χ1) is 14.0. The number of hydrogen-bond acceptors (Lipinski definition) is 5. The summed E-state index contributed by atoms with van der Waals surface area (Å²) in [5.74, 6) is 2.41. The van der Waals surface area contributed by atoms with E-state index in [0.29, 0.717) is 26.4 Å². The SMILES string of the molecule is CCNC(=NCC(C)(C)c1ccc2c(c1)OCCO2)NCC1(CCO)CCOC1. The van der Waals surface area contributed by atoms with Crippen molar-refractivity contribution in [2.24, 2.45) is 10.4 Å². The van der Waals surface area contributed by atoms with Crippen LogP contribution < -0.4 is 20.1 Å². The molecule has 1 aromatic rings. The lowest BCUT2D eigenvalue weighted by Gasteiger charge is -2.29. The standard InChI is InChI=1S/C22H35N3O4/c1-4-23-20(25-15-22(7-9-26)8-10-27-16-22)24-14-21(2,3)17-5-6-18-19(13-17)29-12-11-28-18/h5-6,13,26H,4,7-12,14-16H2,1-3H3,(H2,23,24,25). The molecule has 29 heavy (non-hydrogen) atoms. The van der Waals surface area contributed by atoms with Gasteiger partial charge in [-0.2, -0.15) is 0 Å². The highest BCUT2D eigenvalue weighted by Gasteiger charge is 2.34. The Morgan fingerprint density at radius 1 is 1.17 bits per heavy atom. The summed E-state index contributed by atoms with van der Waals surface area (Å²) >= 11 is 0. The first kappa shape index (κ1) is 21.7. The molecule has 0 radical (unpaired) electrons. The molecule has 1 saturated heterocycles. The van der Waals surface area contributed by atoms with Crippen molar-refractivity contribution in [3.05, 3.63) is 23.8 Å². The van der Waals surface area contributed by atoms with Crippen LogP contribution in [0.25, 0.3) is 0 Å². The second kappa shape index (κ2) is 9.67. The Bertz CT molecular complexity index is 699. The summed E-state index contributed by atoms with van der Waals surface area (Å²) in [6.07, 6.45) is 1.70. The fourth-order valence-electron chi connectivity index (χ4n) is 3.76. The average Bonchev–Trinajstić information content (AvgIpc) is 3.19. The molecule has 1 fully saturated rings. The van der Waals surface area contributed by atoms with Gasteiger partial charge in [0.15, 0.2) is 17.5 Å². The van der Waals surface area contributed by atoms with Crippen molar-refractivity contribution in [3.63, 3.8) is 0 Å². The van der Waals surface area contributed by atoms with Gasteiger partial charge in [-0.1, -0.05) is 19.9 Å². The van der Waals surface area contributed by atoms with Crippen molar-refractivity contribution in [2.75, 3.05) is 52.7 Å². The van der Waals surface area contributed by atoms with E-state index in [1.54, 1.807) is 0 Å². The van der Waals surface area contributed by atoms with E-state index in [1.807, 2.05) is 6.07 Å². The van der Waals surface area contributed by atoms with Crippen molar-refractivity contribution < 1.29 is 19.3 Å². The molecule has 0 bridgehead atoms. The van der Waals surface area contributed by atoms with Crippen LogP contribution in [0.15, 0.2) is 23.2 Å². The molecule has 7 heteroatoms. The third-order valence-electron chi connectivity index (χ3n) is 5.76. The number of aliphatic imine (C=N–C) groups is 1. The Hall–Kier alpha value is -1.99. The lowest BCUT2D eigenvalue weighted by Crippen LogP contribution is -2.45. The van der Waals surface area contributed by atoms with E-state index >= 15 is 0 Å². The zero-order chi connectivity index (χ0) is 20.7. The second-order valence-electron chi connectivity index (χ2n) is 8.57. The molecular formula is C22H35N3O4. The molecule has 7 nitrogen and oxygen atoms in total. The monoisotopic (exact) mass is 405 g/mol. The number of hydrogen-bond donors (Lipinski definition) is 3. The Kier molecular flexibility index (Phi) is 7.24. The fraction of sp³-hybridized carbons (Fsp3) is 0.682. The minimum atomic E-state index is -0.155. The summed E-state index contributed by atoms with van der Waals surface area (Å²) in [6.45, 7) is 11.4. The maximum atomic E-state index is 9.43. The predicted octanol–water partition coefficient (Wildman–Crippen LogP) is 2.08. The molecule has 0 amide bonds. The van der Waals surface area contributed by atoms with Crippen molar-refractivity contribution in [3.8, 4) is 11.5 Å². The van der Waals surface area contributed by atoms with Gasteiger partial charge in [0.2, 0.25) is 0 Å². The van der Waals surface area contributed by atoms with Gasteiger partial charge in [-0.3, -0.25) is 4.99 Å². The summed E-state index contributed by atoms with van der Waals surface area (Å²) in [4.78, 5) is 4.84. The molecular weight excluding hydrogens is 370 g/mol. The van der Waals surface area contributed by atoms with Crippen molar-refractivity contribution in [2.45, 2.75) is 39.0 Å². The Labute approximate surface area is 173 Å². The maximum absolute atomic E-state index is 9.43. The highest BCUT2D eigenvalue weighted by molar-refractivity contribution is 5.79. The summed E-state index contributed by atoms with van der Waals surface area (Å²) in [7, 11) is 0. The molecule has 1 atom stereocenters. The molecule has 1 unspecified atom stereocenters. The summed E-state index contributed by atoms with van der Waals surface area (Å²) in [5.41, 5.74) is 0.996. The van der Waals surface area contributed by atoms with E-state index in [-0.39, 0.29) is 17.4 Å². The van der Waals surface area contributed by atoms with Crippen molar-refractivity contribution in [1.29, 1.82) is 0 Å². The Balaban J connectivity index is 1.66. The van der Waals surface area contributed by atoms with Crippen LogP contribution in [0.5, 0.6) is 11.5 Å². The minimum absolute atomic E-state index is 0.0176. The number of aliphatic hydroxyl groups is 1. The van der Waals surface area contributed by atoms with Gasteiger partial charge >= 0.3 is 0 Å². The van der Waals surface area contributed by atoms with Crippen LogP contribution in [0.1, 0.15) is 39.2 Å². The van der Waals surface area contributed by atoms with E-state index in [2.05, 4.69) is 43.5 Å². The topological polar surface area (TPSA) is 84.3 Å². The molecule has 0 saturated carbocycles. The van der Waals surface area contributed by atoms with Crippen LogP contribution in [-0.2, 0) is 10.2 Å². The van der Waals surface area contributed by atoms with E-state index in [9.17, 15) is 5.11 Å². The number of nitrogens with zero attached hydrogens (tertiary/aromatic N) is 1. The van der Waals surface area contributed by atoms with E-state index < -0.39 is 0 Å². The maximum Gasteiger partial charge on any atom is 0.191 e. The van der Waals surface area contributed by atoms with Crippen LogP contribution in [-0.4, -0.2) is 63.7 Å². The number of benzene rings is 1. The molecule has 162 valence electrons. The van der Waals surface area contributed by atoms with Crippen LogP contribution in [0.2, 0.25) is 0 Å². The molecule has 3 N–H and O–H groups in total. The third-order valence-corrected chi connectivity index (χ3v) is 5.76. The zero-order valence-electron chi connectivity index (χ0n) is 17.9. The van der Waals surface area contributed by atoms with Crippen LogP contribution >= 0.6 is 0 Å². The number of ether oxygens (including phenoxy) is 3. The molecule has 0 aliphatic carbocycles. The van der Waals surface area contributed by atoms with Crippen molar-refractivity contribution >= 4 is 5.96 Å². The van der Waals surface area contributed by atoms with Gasteiger partial charge in [0.1, 0.15) is 13.2 Å². The zero-order valence-corrected chi connectivity index (χ0v) is 17.9. The lowest BCUT2D eigenvalue weighted by molar-refractivity contribution is 0.127. The number of aliphatic hydroxyl groups excluding tert-OH is 1. The summed E-state index contributed by atoms with van der Waals surface area (Å²) in [6, 6.07) is 6.14. The number of fused-ring (bicyclic) bond motifs is 1. The van der Waals surface area contributed by atoms with Gasteiger partial charge in [0, 0.05) is 37.1 Å². The molecule has 1 aromatic carbocycles. The Morgan fingerprint density at radius 3 is 2.66 bits per heavy atom. The smallest absolute Gasteiger partial charge is 0.191 e. The quantitative estimate of drug-likeness (QED) is 0.454. The number of nitrogens with one attached hydrogen (secondary N) is 2. The lowest BCUT2D eigenvalue weighted by atomic mass is 9.84. The number of rotatable bonds is 8. The first-order valence-electron chi connectivity index (χ1n) is 10.6. The molecule has 3 rings (SSSR count). The first-order valence-corrected chi connectivity index (χ1v) is 10.6. The van der Waals surface area contributed by atoms with E-state index in [4.69, 9.17) is 19.2 Å². The van der Waals surface area contributed by atoms with Gasteiger partial charge in [0.25, 0.3) is 0 Å². The van der Waals surface area contributed by atoms with Crippen LogP contribution in [0, 0.1) is 5.41 Å². The molecule has 2 heterocycles. The highest BCUT2D eigenvalue weighted by Crippen LogP contribution is 2.35. The van der Waals surface area contributed by atoms with Gasteiger partial charge in [-0.05, 0) is 37.5 Å². The van der Waals surface area contributed by atoms with Gasteiger partial charge < -0.3 is 30.0 Å². The van der Waals surface area contributed by atoms with Crippen LogP contribution in [0.3, 0.4) is 0 Å². The molecule has 2 aliphatic rings. The summed E-state index contributed by atoms with van der Waals surface area (Å²) < 4.78 is 17.0. The predicted molar refractivity (Wildman–Crippen MR) is 114 cm³/mol. The fourth-order valence-corrected chi connectivity index (χ4v) is 3.76. The van der Waals surface area contributed by atoms with Gasteiger partial charge in [0.05, 0.1) is 13.2 Å². The average molecular weight is 406 g/mol.